The standard InChI is InChI=1S/C19H22ClN3O3S/c1-22(2)27(25,26)16-9-10-18(20)17(13-16)19(24)21-14-5-7-15(8-6-14)23-11-3-4-12-23/h5-10,13H,3-4,11-12H2,1-2H3,(H,21,24). The Morgan fingerprint density at radius 3 is 2.30 bits per heavy atom. The number of carbonyl (C=O) groups excluding carboxylic acids is 1. The van der Waals surface area contributed by atoms with Crippen LogP contribution in [0.5, 0.6) is 0 Å². The molecule has 0 bridgehead atoms. The lowest BCUT2D eigenvalue weighted by atomic mass is 10.2. The smallest absolute Gasteiger partial charge is 0.257 e. The van der Waals surface area contributed by atoms with Crippen LogP contribution < -0.4 is 10.2 Å². The van der Waals surface area contributed by atoms with Crippen molar-refractivity contribution in [3.05, 3.63) is 53.1 Å². The third-order valence-corrected chi connectivity index (χ3v) is 6.70. The van der Waals surface area contributed by atoms with Crippen molar-refractivity contribution >= 4 is 38.9 Å². The van der Waals surface area contributed by atoms with Gasteiger partial charge in [-0.15, -0.1) is 0 Å². The number of rotatable bonds is 5. The van der Waals surface area contributed by atoms with Gasteiger partial charge in [0.1, 0.15) is 0 Å². The fraction of sp³-hybridized carbons (Fsp3) is 0.316. The van der Waals surface area contributed by atoms with Crippen molar-refractivity contribution < 1.29 is 13.2 Å². The summed E-state index contributed by atoms with van der Waals surface area (Å²) in [7, 11) is -0.776. The summed E-state index contributed by atoms with van der Waals surface area (Å²) in [4.78, 5) is 14.9. The number of hydrogen-bond acceptors (Lipinski definition) is 4. The Bertz CT molecular complexity index is 937. The molecule has 1 amide bonds. The molecule has 1 saturated heterocycles. The first-order valence-electron chi connectivity index (χ1n) is 8.67. The van der Waals surface area contributed by atoms with Crippen molar-refractivity contribution in [2.75, 3.05) is 37.4 Å². The highest BCUT2D eigenvalue weighted by Gasteiger charge is 2.21. The van der Waals surface area contributed by atoms with Crippen molar-refractivity contribution in [1.29, 1.82) is 0 Å². The summed E-state index contributed by atoms with van der Waals surface area (Å²) in [6, 6.07) is 11.7. The normalized spacial score (nSPS) is 14.6. The zero-order valence-electron chi connectivity index (χ0n) is 15.3. The first kappa shape index (κ1) is 19.7. The Morgan fingerprint density at radius 1 is 1.07 bits per heavy atom. The summed E-state index contributed by atoms with van der Waals surface area (Å²) in [5, 5.41) is 2.97. The zero-order valence-corrected chi connectivity index (χ0v) is 16.8. The molecule has 1 fully saturated rings. The van der Waals surface area contributed by atoms with Gasteiger partial charge in [0.05, 0.1) is 15.5 Å². The lowest BCUT2D eigenvalue weighted by molar-refractivity contribution is 0.102. The predicted molar refractivity (Wildman–Crippen MR) is 108 cm³/mol. The maximum atomic E-state index is 12.6. The number of anilines is 2. The Hall–Kier alpha value is -2.09. The molecule has 2 aromatic carbocycles. The molecule has 1 heterocycles. The van der Waals surface area contributed by atoms with Gasteiger partial charge < -0.3 is 10.2 Å². The summed E-state index contributed by atoms with van der Waals surface area (Å²) in [5.74, 6) is -0.454. The van der Waals surface area contributed by atoms with E-state index in [9.17, 15) is 13.2 Å². The minimum Gasteiger partial charge on any atom is -0.372 e. The quantitative estimate of drug-likeness (QED) is 0.824. The van der Waals surface area contributed by atoms with Crippen LogP contribution in [0.25, 0.3) is 0 Å². The molecule has 6 nitrogen and oxygen atoms in total. The SMILES string of the molecule is CN(C)S(=O)(=O)c1ccc(Cl)c(C(=O)Nc2ccc(N3CCCC3)cc2)c1. The molecular weight excluding hydrogens is 386 g/mol. The maximum Gasteiger partial charge on any atom is 0.257 e. The number of hydrogen-bond donors (Lipinski definition) is 1. The molecule has 0 unspecified atom stereocenters. The highest BCUT2D eigenvalue weighted by Crippen LogP contribution is 2.25. The third-order valence-electron chi connectivity index (χ3n) is 4.56. The Kier molecular flexibility index (Phi) is 5.74. The van der Waals surface area contributed by atoms with E-state index in [-0.39, 0.29) is 15.5 Å². The van der Waals surface area contributed by atoms with Crippen LogP contribution in [-0.2, 0) is 10.0 Å². The van der Waals surface area contributed by atoms with Crippen molar-refractivity contribution in [2.45, 2.75) is 17.7 Å². The molecule has 0 spiro atoms. The van der Waals surface area contributed by atoms with Crippen LogP contribution >= 0.6 is 11.6 Å². The van der Waals surface area contributed by atoms with Crippen molar-refractivity contribution in [3.8, 4) is 0 Å². The van der Waals surface area contributed by atoms with Gasteiger partial charge in [0.15, 0.2) is 0 Å². The molecular formula is C19H22ClN3O3S. The van der Waals surface area contributed by atoms with E-state index >= 15 is 0 Å². The summed E-state index contributed by atoms with van der Waals surface area (Å²) in [6.45, 7) is 2.10. The van der Waals surface area contributed by atoms with Crippen molar-refractivity contribution in [3.63, 3.8) is 0 Å². The van der Waals surface area contributed by atoms with E-state index in [1.165, 1.54) is 45.1 Å². The fourth-order valence-electron chi connectivity index (χ4n) is 2.98. The second-order valence-electron chi connectivity index (χ2n) is 6.62. The van der Waals surface area contributed by atoms with Gasteiger partial charge in [0.25, 0.3) is 5.91 Å². The van der Waals surface area contributed by atoms with Crippen LogP contribution in [0.15, 0.2) is 47.4 Å². The monoisotopic (exact) mass is 407 g/mol. The highest BCUT2D eigenvalue weighted by atomic mass is 35.5. The van der Waals surface area contributed by atoms with Gasteiger partial charge in [-0.3, -0.25) is 4.79 Å². The molecule has 2 aromatic rings. The number of halogens is 1. The van der Waals surface area contributed by atoms with E-state index in [0.717, 1.165) is 23.1 Å². The molecule has 144 valence electrons. The lowest BCUT2D eigenvalue weighted by Gasteiger charge is -2.18. The van der Waals surface area contributed by atoms with Gasteiger partial charge in [0, 0.05) is 38.6 Å². The predicted octanol–water partition coefficient (Wildman–Crippen LogP) is 3.44. The minimum atomic E-state index is -3.65. The first-order valence-corrected chi connectivity index (χ1v) is 10.5. The molecule has 0 atom stereocenters. The van der Waals surface area contributed by atoms with Gasteiger partial charge in [-0.2, -0.15) is 0 Å². The number of sulfonamides is 1. The molecule has 0 aromatic heterocycles. The molecule has 1 N–H and O–H groups in total. The van der Waals surface area contributed by atoms with E-state index in [2.05, 4.69) is 10.2 Å². The highest BCUT2D eigenvalue weighted by molar-refractivity contribution is 7.89. The topological polar surface area (TPSA) is 69.7 Å². The van der Waals surface area contributed by atoms with Gasteiger partial charge in [-0.25, -0.2) is 12.7 Å². The van der Waals surface area contributed by atoms with Gasteiger partial charge >= 0.3 is 0 Å². The Balaban J connectivity index is 1.79. The Morgan fingerprint density at radius 2 is 1.70 bits per heavy atom. The largest absolute Gasteiger partial charge is 0.372 e. The second kappa shape index (κ2) is 7.88. The number of nitrogens with zero attached hydrogens (tertiary/aromatic N) is 2. The van der Waals surface area contributed by atoms with E-state index in [1.54, 1.807) is 0 Å². The van der Waals surface area contributed by atoms with Crippen LogP contribution in [0.3, 0.4) is 0 Å². The number of carbonyl (C=O) groups is 1. The fourth-order valence-corrected chi connectivity index (χ4v) is 4.11. The van der Waals surface area contributed by atoms with E-state index in [1.807, 2.05) is 24.3 Å². The summed E-state index contributed by atoms with van der Waals surface area (Å²) < 4.78 is 25.7. The lowest BCUT2D eigenvalue weighted by Crippen LogP contribution is -2.23. The van der Waals surface area contributed by atoms with Crippen LogP contribution in [-0.4, -0.2) is 45.8 Å². The first-order chi connectivity index (χ1) is 12.8. The molecule has 27 heavy (non-hydrogen) atoms. The summed E-state index contributed by atoms with van der Waals surface area (Å²) in [6.07, 6.45) is 2.40. The van der Waals surface area contributed by atoms with Gasteiger partial charge in [0.2, 0.25) is 10.0 Å². The van der Waals surface area contributed by atoms with E-state index in [0.29, 0.717) is 5.69 Å². The van der Waals surface area contributed by atoms with Crippen molar-refractivity contribution in [1.82, 2.24) is 4.31 Å². The summed E-state index contributed by atoms with van der Waals surface area (Å²) >= 11 is 6.12. The van der Waals surface area contributed by atoms with Crippen molar-refractivity contribution in [2.24, 2.45) is 0 Å². The van der Waals surface area contributed by atoms with Crippen LogP contribution in [0.1, 0.15) is 23.2 Å². The van der Waals surface area contributed by atoms with Crippen LogP contribution in [0.2, 0.25) is 5.02 Å². The van der Waals surface area contributed by atoms with E-state index < -0.39 is 15.9 Å². The molecule has 3 rings (SSSR count). The molecule has 0 radical (unpaired) electrons. The third kappa shape index (κ3) is 4.26. The molecule has 1 aliphatic rings. The average Bonchev–Trinajstić information content (AvgIpc) is 3.17. The molecule has 0 aliphatic carbocycles. The van der Waals surface area contributed by atoms with E-state index in [4.69, 9.17) is 11.6 Å². The number of nitrogens with one attached hydrogen (secondary N) is 1. The maximum absolute atomic E-state index is 12.6. The second-order valence-corrected chi connectivity index (χ2v) is 9.18. The average molecular weight is 408 g/mol. The summed E-state index contributed by atoms with van der Waals surface area (Å²) in [5.41, 5.74) is 1.87. The van der Waals surface area contributed by atoms with Gasteiger partial charge in [-0.05, 0) is 55.3 Å². The molecule has 8 heteroatoms. The number of benzene rings is 2. The molecule has 0 saturated carbocycles. The van der Waals surface area contributed by atoms with Crippen LogP contribution in [0.4, 0.5) is 11.4 Å². The van der Waals surface area contributed by atoms with Gasteiger partial charge in [-0.1, -0.05) is 11.6 Å². The molecule has 1 aliphatic heterocycles. The number of amides is 1. The zero-order chi connectivity index (χ0) is 19.6. The minimum absolute atomic E-state index is 0.0198. The van der Waals surface area contributed by atoms with Crippen LogP contribution in [0, 0.1) is 0 Å². The Labute approximate surface area is 164 Å².